The first kappa shape index (κ1) is 18.8. The summed E-state index contributed by atoms with van der Waals surface area (Å²) in [7, 11) is 0. The molecule has 0 bridgehead atoms. The number of thiazole rings is 1. The lowest BCUT2D eigenvalue weighted by molar-refractivity contribution is -0.115. The second-order valence-electron chi connectivity index (χ2n) is 5.41. The molecule has 7 heteroatoms. The number of aromatic nitrogens is 1. The van der Waals surface area contributed by atoms with Gasteiger partial charge in [0.25, 0.3) is 0 Å². The summed E-state index contributed by atoms with van der Waals surface area (Å²) in [6.45, 7) is 0. The Bertz CT molecular complexity index is 895. The first-order valence-corrected chi connectivity index (χ1v) is 10.5. The maximum atomic E-state index is 12.1. The van der Waals surface area contributed by atoms with Crippen molar-refractivity contribution >= 4 is 56.4 Å². The molecule has 2 aromatic carbocycles. The molecule has 0 spiro atoms. The normalized spacial score (nSPS) is 10.5. The predicted octanol–water partition coefficient (Wildman–Crippen LogP) is 5.06. The predicted molar refractivity (Wildman–Crippen MR) is 110 cm³/mol. The molecule has 0 unspecified atom stereocenters. The number of Topliss-reactive ketones (excluding diaryl/α,β-unsaturated/α-hetero) is 1. The summed E-state index contributed by atoms with van der Waals surface area (Å²) in [6.07, 6.45) is 0.208. The van der Waals surface area contributed by atoms with Gasteiger partial charge in [0.05, 0.1) is 17.9 Å². The zero-order valence-corrected chi connectivity index (χ0v) is 16.9. The van der Waals surface area contributed by atoms with Crippen LogP contribution in [0.25, 0.3) is 0 Å². The molecular weight excluding hydrogens is 432 g/mol. The Morgan fingerprint density at radius 3 is 2.54 bits per heavy atom. The summed E-state index contributed by atoms with van der Waals surface area (Å²) >= 11 is 6.21. The minimum absolute atomic E-state index is 0.0698. The molecule has 0 fully saturated rings. The number of ketones is 1. The average Bonchev–Trinajstić information content (AvgIpc) is 3.09. The molecule has 1 heterocycles. The third-order valence-electron chi connectivity index (χ3n) is 3.42. The number of nitrogens with zero attached hydrogens (tertiary/aromatic N) is 1. The van der Waals surface area contributed by atoms with E-state index < -0.39 is 0 Å². The fourth-order valence-corrected chi connectivity index (χ4v) is 4.18. The lowest BCUT2D eigenvalue weighted by Gasteiger charge is -2.03. The van der Waals surface area contributed by atoms with Crippen LogP contribution in [0.4, 0.5) is 5.69 Å². The van der Waals surface area contributed by atoms with Gasteiger partial charge in [-0.1, -0.05) is 58.0 Å². The van der Waals surface area contributed by atoms with E-state index in [2.05, 4.69) is 26.2 Å². The highest BCUT2D eigenvalue weighted by Crippen LogP contribution is 2.24. The standard InChI is InChI=1S/C19H15BrN2O2S2/c20-14-6-8-15(9-7-14)21-18(24)10-16-11-25-19(22-16)26-12-17(23)13-4-2-1-3-5-13/h1-9,11H,10,12H2,(H,21,24). The van der Waals surface area contributed by atoms with Crippen molar-refractivity contribution in [2.75, 3.05) is 11.1 Å². The number of carbonyl (C=O) groups is 2. The van der Waals surface area contributed by atoms with Gasteiger partial charge in [0.15, 0.2) is 10.1 Å². The molecule has 1 amide bonds. The fourth-order valence-electron chi connectivity index (χ4n) is 2.17. The van der Waals surface area contributed by atoms with Crippen molar-refractivity contribution in [2.24, 2.45) is 0 Å². The van der Waals surface area contributed by atoms with Crippen LogP contribution < -0.4 is 5.32 Å². The zero-order valence-electron chi connectivity index (χ0n) is 13.6. The molecule has 0 saturated heterocycles. The molecule has 0 radical (unpaired) electrons. The van der Waals surface area contributed by atoms with Gasteiger partial charge < -0.3 is 5.32 Å². The Hall–Kier alpha value is -1.96. The molecule has 132 valence electrons. The summed E-state index contributed by atoms with van der Waals surface area (Å²) in [5, 5.41) is 4.70. The van der Waals surface area contributed by atoms with E-state index >= 15 is 0 Å². The second kappa shape index (κ2) is 9.12. The number of amides is 1. The topological polar surface area (TPSA) is 59.1 Å². The largest absolute Gasteiger partial charge is 0.326 e. The maximum absolute atomic E-state index is 12.1. The highest BCUT2D eigenvalue weighted by Gasteiger charge is 2.11. The number of carbonyl (C=O) groups excluding carboxylic acids is 2. The summed E-state index contributed by atoms with van der Waals surface area (Å²) in [4.78, 5) is 28.7. The van der Waals surface area contributed by atoms with Gasteiger partial charge in [0.2, 0.25) is 5.91 Å². The van der Waals surface area contributed by atoms with Crippen molar-refractivity contribution in [3.8, 4) is 0 Å². The minimum atomic E-state index is -0.116. The van der Waals surface area contributed by atoms with E-state index in [1.54, 1.807) is 0 Å². The molecule has 1 N–H and O–H groups in total. The number of nitrogens with one attached hydrogen (secondary N) is 1. The molecule has 3 aromatic rings. The van der Waals surface area contributed by atoms with Crippen molar-refractivity contribution in [3.63, 3.8) is 0 Å². The van der Waals surface area contributed by atoms with Gasteiger partial charge in [-0.3, -0.25) is 9.59 Å². The Kier molecular flexibility index (Phi) is 6.60. The van der Waals surface area contributed by atoms with Crippen LogP contribution in [0.3, 0.4) is 0 Å². The number of halogens is 1. The number of thioether (sulfide) groups is 1. The van der Waals surface area contributed by atoms with Crippen molar-refractivity contribution in [1.82, 2.24) is 4.98 Å². The number of benzene rings is 2. The van der Waals surface area contributed by atoms with Gasteiger partial charge in [0, 0.05) is 21.1 Å². The van der Waals surface area contributed by atoms with Crippen LogP contribution in [0, 0.1) is 0 Å². The quantitative estimate of drug-likeness (QED) is 0.406. The van der Waals surface area contributed by atoms with Gasteiger partial charge in [-0.05, 0) is 24.3 Å². The number of anilines is 1. The van der Waals surface area contributed by atoms with Crippen molar-refractivity contribution < 1.29 is 9.59 Å². The Balaban J connectivity index is 1.50. The highest BCUT2D eigenvalue weighted by molar-refractivity contribution is 9.10. The SMILES string of the molecule is O=C(Cc1csc(SCC(=O)c2ccccc2)n1)Nc1ccc(Br)cc1. The summed E-state index contributed by atoms with van der Waals surface area (Å²) < 4.78 is 1.75. The van der Waals surface area contributed by atoms with E-state index in [-0.39, 0.29) is 18.1 Å². The molecule has 0 atom stereocenters. The number of hydrogen-bond donors (Lipinski definition) is 1. The van der Waals surface area contributed by atoms with E-state index in [4.69, 9.17) is 0 Å². The number of hydrogen-bond acceptors (Lipinski definition) is 5. The first-order chi connectivity index (χ1) is 12.6. The van der Waals surface area contributed by atoms with Crippen molar-refractivity contribution in [1.29, 1.82) is 0 Å². The lowest BCUT2D eigenvalue weighted by atomic mass is 10.2. The summed E-state index contributed by atoms with van der Waals surface area (Å²) in [5.74, 6) is 0.289. The third-order valence-corrected chi connectivity index (χ3v) is 6.02. The first-order valence-electron chi connectivity index (χ1n) is 7.81. The van der Waals surface area contributed by atoms with Gasteiger partial charge in [0.1, 0.15) is 0 Å². The van der Waals surface area contributed by atoms with E-state index in [1.807, 2.05) is 60.0 Å². The van der Waals surface area contributed by atoms with Gasteiger partial charge in [-0.2, -0.15) is 0 Å². The molecule has 0 aliphatic rings. The Morgan fingerprint density at radius 1 is 1.08 bits per heavy atom. The summed E-state index contributed by atoms with van der Waals surface area (Å²) in [5.41, 5.74) is 2.15. The molecule has 4 nitrogen and oxygen atoms in total. The molecule has 1 aromatic heterocycles. The van der Waals surface area contributed by atoms with Crippen LogP contribution in [0.5, 0.6) is 0 Å². The van der Waals surface area contributed by atoms with E-state index in [0.717, 1.165) is 14.5 Å². The Labute approximate surface area is 168 Å². The summed E-state index contributed by atoms with van der Waals surface area (Å²) in [6, 6.07) is 16.6. The van der Waals surface area contributed by atoms with Crippen molar-refractivity contribution in [3.05, 3.63) is 75.7 Å². The second-order valence-corrected chi connectivity index (χ2v) is 8.41. The molecular formula is C19H15BrN2O2S2. The van der Waals surface area contributed by atoms with E-state index in [1.165, 1.54) is 23.1 Å². The van der Waals surface area contributed by atoms with Gasteiger partial charge >= 0.3 is 0 Å². The molecule has 3 rings (SSSR count). The molecule has 0 aliphatic carbocycles. The van der Waals surface area contributed by atoms with Gasteiger partial charge in [-0.15, -0.1) is 11.3 Å². The maximum Gasteiger partial charge on any atom is 0.230 e. The third kappa shape index (κ3) is 5.52. The van der Waals surface area contributed by atoms with E-state index in [9.17, 15) is 9.59 Å². The van der Waals surface area contributed by atoms with Crippen LogP contribution in [0.2, 0.25) is 0 Å². The average molecular weight is 447 g/mol. The van der Waals surface area contributed by atoms with Crippen LogP contribution in [-0.2, 0) is 11.2 Å². The lowest BCUT2D eigenvalue weighted by Crippen LogP contribution is -2.14. The van der Waals surface area contributed by atoms with Crippen LogP contribution in [-0.4, -0.2) is 22.4 Å². The fraction of sp³-hybridized carbons (Fsp3) is 0.105. The van der Waals surface area contributed by atoms with Crippen molar-refractivity contribution in [2.45, 2.75) is 10.8 Å². The molecule has 0 saturated carbocycles. The minimum Gasteiger partial charge on any atom is -0.326 e. The smallest absolute Gasteiger partial charge is 0.230 e. The highest BCUT2D eigenvalue weighted by atomic mass is 79.9. The van der Waals surface area contributed by atoms with Crippen LogP contribution >= 0.6 is 39.0 Å². The van der Waals surface area contributed by atoms with Crippen LogP contribution in [0.1, 0.15) is 16.1 Å². The number of rotatable bonds is 7. The molecule has 26 heavy (non-hydrogen) atoms. The Morgan fingerprint density at radius 2 is 1.81 bits per heavy atom. The van der Waals surface area contributed by atoms with Gasteiger partial charge in [-0.25, -0.2) is 4.98 Å². The zero-order chi connectivity index (χ0) is 18.4. The molecule has 0 aliphatic heterocycles. The monoisotopic (exact) mass is 446 g/mol. The van der Waals surface area contributed by atoms with E-state index in [0.29, 0.717) is 17.0 Å². The van der Waals surface area contributed by atoms with Crippen LogP contribution in [0.15, 0.2) is 68.8 Å².